The van der Waals surface area contributed by atoms with E-state index < -0.39 is 18.1 Å². The Labute approximate surface area is 128 Å². The Morgan fingerprint density at radius 1 is 1.18 bits per heavy atom. The number of esters is 1. The van der Waals surface area contributed by atoms with Gasteiger partial charge in [0.1, 0.15) is 12.4 Å². The Kier molecular flexibility index (Phi) is 7.04. The maximum atomic E-state index is 11.8. The van der Waals surface area contributed by atoms with E-state index in [9.17, 15) is 19.6 Å². The number of hydrogen-bond acceptors (Lipinski definition) is 6. The molecular weight excluding hydrogens is 290 g/mol. The molecule has 1 aromatic carbocycles. The smallest absolute Gasteiger partial charge is 0.434 e. The van der Waals surface area contributed by atoms with E-state index in [0.717, 1.165) is 5.56 Å². The first-order valence-electron chi connectivity index (χ1n) is 6.80. The average molecular weight is 309 g/mol. The van der Waals surface area contributed by atoms with Crippen LogP contribution >= 0.6 is 0 Å². The van der Waals surface area contributed by atoms with E-state index in [1.807, 2.05) is 6.07 Å². The van der Waals surface area contributed by atoms with E-state index in [0.29, 0.717) is 0 Å². The van der Waals surface area contributed by atoms with Crippen LogP contribution in [0.5, 0.6) is 0 Å². The molecule has 1 unspecified atom stereocenters. The summed E-state index contributed by atoms with van der Waals surface area (Å²) in [6.45, 7) is 2.83. The highest BCUT2D eigenvalue weighted by atomic mass is 16.6. The standard InChI is InChI=1S/C15H19NO6/c1-3-21-14(18)13(9-11(2)17)16(20)15(19)22-10-12-7-5-4-6-8-12/h4-8,13,20H,3,9-10H2,1-2H3. The van der Waals surface area contributed by atoms with Crippen LogP contribution in [0.2, 0.25) is 0 Å². The average Bonchev–Trinajstić information content (AvgIpc) is 2.50. The molecule has 0 aromatic heterocycles. The SMILES string of the molecule is CCOC(=O)C(CC(C)=O)N(O)C(=O)OCc1ccccc1. The van der Waals surface area contributed by atoms with Crippen molar-refractivity contribution in [2.45, 2.75) is 32.9 Å². The fourth-order valence-electron chi connectivity index (χ4n) is 1.69. The van der Waals surface area contributed by atoms with Gasteiger partial charge in [0.15, 0.2) is 6.04 Å². The minimum Gasteiger partial charge on any atom is -0.464 e. The maximum absolute atomic E-state index is 11.8. The van der Waals surface area contributed by atoms with E-state index in [1.165, 1.54) is 6.92 Å². The lowest BCUT2D eigenvalue weighted by atomic mass is 10.1. The molecule has 0 saturated carbocycles. The van der Waals surface area contributed by atoms with Gasteiger partial charge in [0.05, 0.1) is 6.61 Å². The fourth-order valence-corrected chi connectivity index (χ4v) is 1.69. The minimum absolute atomic E-state index is 0.0631. The van der Waals surface area contributed by atoms with Gasteiger partial charge >= 0.3 is 12.1 Å². The molecule has 0 saturated heterocycles. The van der Waals surface area contributed by atoms with E-state index in [2.05, 4.69) is 0 Å². The third kappa shape index (κ3) is 5.53. The maximum Gasteiger partial charge on any atom is 0.434 e. The molecule has 0 heterocycles. The number of hydrogen-bond donors (Lipinski definition) is 1. The zero-order valence-corrected chi connectivity index (χ0v) is 12.5. The van der Waals surface area contributed by atoms with Gasteiger partial charge in [0, 0.05) is 6.42 Å². The van der Waals surface area contributed by atoms with Crippen molar-refractivity contribution in [1.29, 1.82) is 0 Å². The van der Waals surface area contributed by atoms with Crippen LogP contribution in [0.1, 0.15) is 25.8 Å². The van der Waals surface area contributed by atoms with Crippen LogP contribution in [0.4, 0.5) is 4.79 Å². The molecule has 1 N–H and O–H groups in total. The quantitative estimate of drug-likeness (QED) is 0.470. The molecule has 0 spiro atoms. The molecule has 0 aliphatic rings. The molecule has 0 aliphatic heterocycles. The molecule has 7 nitrogen and oxygen atoms in total. The third-order valence-corrected chi connectivity index (χ3v) is 2.73. The molecule has 1 rings (SSSR count). The van der Waals surface area contributed by atoms with Crippen LogP contribution in [-0.4, -0.2) is 40.8 Å². The summed E-state index contributed by atoms with van der Waals surface area (Å²) in [7, 11) is 0. The lowest BCUT2D eigenvalue weighted by Gasteiger charge is -2.22. The number of nitrogens with zero attached hydrogens (tertiary/aromatic N) is 1. The van der Waals surface area contributed by atoms with Gasteiger partial charge in [0.25, 0.3) is 0 Å². The van der Waals surface area contributed by atoms with Crippen molar-refractivity contribution >= 4 is 17.8 Å². The summed E-state index contributed by atoms with van der Waals surface area (Å²) in [5, 5.41) is 9.91. The number of carbonyl (C=O) groups excluding carboxylic acids is 3. The Morgan fingerprint density at radius 2 is 1.82 bits per heavy atom. The first-order chi connectivity index (χ1) is 10.5. The molecule has 1 amide bonds. The number of ether oxygens (including phenoxy) is 2. The molecule has 7 heteroatoms. The first kappa shape index (κ1) is 17.6. The van der Waals surface area contributed by atoms with Crippen molar-refractivity contribution in [2.24, 2.45) is 0 Å². The predicted octanol–water partition coefficient (Wildman–Crippen LogP) is 1.93. The largest absolute Gasteiger partial charge is 0.464 e. The normalized spacial score (nSPS) is 11.4. The second-order valence-corrected chi connectivity index (χ2v) is 4.56. The van der Waals surface area contributed by atoms with E-state index in [-0.39, 0.29) is 30.5 Å². The molecule has 0 aliphatic carbocycles. The highest BCUT2D eigenvalue weighted by Crippen LogP contribution is 2.09. The summed E-state index contributed by atoms with van der Waals surface area (Å²) in [5.41, 5.74) is 0.725. The number of amides is 1. The summed E-state index contributed by atoms with van der Waals surface area (Å²) in [4.78, 5) is 34.7. The summed E-state index contributed by atoms with van der Waals surface area (Å²) < 4.78 is 9.64. The minimum atomic E-state index is -1.42. The van der Waals surface area contributed by atoms with Gasteiger partial charge in [0.2, 0.25) is 0 Å². The number of Topliss-reactive ketones (excluding diaryl/α,β-unsaturated/α-hetero) is 1. The van der Waals surface area contributed by atoms with Crippen LogP contribution < -0.4 is 0 Å². The summed E-state index contributed by atoms with van der Waals surface area (Å²) in [6, 6.07) is 7.43. The lowest BCUT2D eigenvalue weighted by molar-refractivity contribution is -0.169. The molecule has 22 heavy (non-hydrogen) atoms. The lowest BCUT2D eigenvalue weighted by Crippen LogP contribution is -2.45. The Bertz CT molecular complexity index is 516. The second-order valence-electron chi connectivity index (χ2n) is 4.56. The van der Waals surface area contributed by atoms with Crippen molar-refractivity contribution < 1.29 is 29.1 Å². The zero-order chi connectivity index (χ0) is 16.5. The van der Waals surface area contributed by atoms with Gasteiger partial charge in [-0.15, -0.1) is 0 Å². The Hall–Kier alpha value is -2.41. The Balaban J connectivity index is 2.66. The van der Waals surface area contributed by atoms with Gasteiger partial charge in [-0.1, -0.05) is 30.3 Å². The van der Waals surface area contributed by atoms with E-state index in [1.54, 1.807) is 31.2 Å². The van der Waals surface area contributed by atoms with Crippen molar-refractivity contribution in [3.05, 3.63) is 35.9 Å². The summed E-state index contributed by atoms with van der Waals surface area (Å²) in [5.74, 6) is -1.23. The highest BCUT2D eigenvalue weighted by Gasteiger charge is 2.32. The van der Waals surface area contributed by atoms with Crippen molar-refractivity contribution in [3.8, 4) is 0 Å². The van der Waals surface area contributed by atoms with Gasteiger partial charge in [-0.05, 0) is 19.4 Å². The van der Waals surface area contributed by atoms with E-state index in [4.69, 9.17) is 9.47 Å². The van der Waals surface area contributed by atoms with Crippen LogP contribution in [-0.2, 0) is 25.7 Å². The van der Waals surface area contributed by atoms with Gasteiger partial charge < -0.3 is 9.47 Å². The van der Waals surface area contributed by atoms with Crippen molar-refractivity contribution in [1.82, 2.24) is 5.06 Å². The van der Waals surface area contributed by atoms with Gasteiger partial charge in [-0.25, -0.2) is 9.59 Å². The van der Waals surface area contributed by atoms with E-state index >= 15 is 0 Å². The molecule has 120 valence electrons. The van der Waals surface area contributed by atoms with Crippen LogP contribution in [0.3, 0.4) is 0 Å². The molecule has 0 fully saturated rings. The van der Waals surface area contributed by atoms with Crippen molar-refractivity contribution in [2.75, 3.05) is 6.61 Å². The predicted molar refractivity (Wildman–Crippen MR) is 76.0 cm³/mol. The molecule has 1 atom stereocenters. The number of carbonyl (C=O) groups is 3. The molecular formula is C15H19NO6. The topological polar surface area (TPSA) is 93.1 Å². The second kappa shape index (κ2) is 8.78. The Morgan fingerprint density at radius 3 is 2.36 bits per heavy atom. The summed E-state index contributed by atoms with van der Waals surface area (Å²) >= 11 is 0. The zero-order valence-electron chi connectivity index (χ0n) is 12.5. The highest BCUT2D eigenvalue weighted by molar-refractivity contribution is 5.87. The fraction of sp³-hybridized carbons (Fsp3) is 0.400. The molecule has 0 radical (unpaired) electrons. The van der Waals surface area contributed by atoms with Gasteiger partial charge in [-0.3, -0.25) is 10.0 Å². The number of hydroxylamine groups is 2. The van der Waals surface area contributed by atoms with Crippen LogP contribution in [0, 0.1) is 0 Å². The summed E-state index contributed by atoms with van der Waals surface area (Å²) in [6.07, 6.45) is -1.47. The van der Waals surface area contributed by atoms with Gasteiger partial charge in [-0.2, -0.15) is 5.06 Å². The monoisotopic (exact) mass is 309 g/mol. The van der Waals surface area contributed by atoms with Crippen LogP contribution in [0.25, 0.3) is 0 Å². The molecule has 1 aromatic rings. The number of ketones is 1. The van der Waals surface area contributed by atoms with Crippen molar-refractivity contribution in [3.63, 3.8) is 0 Å². The number of benzene rings is 1. The number of rotatable bonds is 7. The van der Waals surface area contributed by atoms with Crippen LogP contribution in [0.15, 0.2) is 30.3 Å². The molecule has 0 bridgehead atoms. The third-order valence-electron chi connectivity index (χ3n) is 2.73. The first-order valence-corrected chi connectivity index (χ1v) is 6.80.